The highest BCUT2D eigenvalue weighted by Gasteiger charge is 2.31. The molecule has 2 aromatic carbocycles. The Labute approximate surface area is 215 Å². The highest BCUT2D eigenvalue weighted by Crippen LogP contribution is 2.24. The molecular formula is C24H26FN5O5S2. The van der Waals surface area contributed by atoms with Crippen LogP contribution in [0.25, 0.3) is 0 Å². The third kappa shape index (κ3) is 6.87. The number of halogens is 1. The molecule has 0 atom stereocenters. The van der Waals surface area contributed by atoms with Gasteiger partial charge >= 0.3 is 0 Å². The largest absolute Gasteiger partial charge is 0.326 e. The highest BCUT2D eigenvalue weighted by molar-refractivity contribution is 7.92. The van der Waals surface area contributed by atoms with Gasteiger partial charge in [0.05, 0.1) is 10.6 Å². The van der Waals surface area contributed by atoms with Crippen LogP contribution in [0, 0.1) is 18.7 Å². The second kappa shape index (κ2) is 10.9. The quantitative estimate of drug-likeness (QED) is 0.442. The second-order valence-corrected chi connectivity index (χ2v) is 12.3. The van der Waals surface area contributed by atoms with Crippen LogP contribution in [0.15, 0.2) is 65.7 Å². The Hall–Kier alpha value is -3.42. The first kappa shape index (κ1) is 26.6. The number of sulfonamides is 2. The predicted octanol–water partition coefficient (Wildman–Crippen LogP) is 2.91. The zero-order valence-electron chi connectivity index (χ0n) is 20.0. The van der Waals surface area contributed by atoms with Crippen molar-refractivity contribution in [1.29, 1.82) is 0 Å². The van der Waals surface area contributed by atoms with E-state index >= 15 is 0 Å². The lowest BCUT2D eigenvalue weighted by molar-refractivity contribution is -0.120. The van der Waals surface area contributed by atoms with E-state index in [0.29, 0.717) is 29.8 Å². The van der Waals surface area contributed by atoms with Gasteiger partial charge in [-0.05, 0) is 67.8 Å². The number of aromatic nitrogens is 2. The minimum atomic E-state index is -3.91. The molecule has 13 heteroatoms. The third-order valence-electron chi connectivity index (χ3n) is 5.93. The molecule has 37 heavy (non-hydrogen) atoms. The molecule has 3 aromatic rings. The van der Waals surface area contributed by atoms with Crippen LogP contribution in [0.4, 0.5) is 16.0 Å². The van der Waals surface area contributed by atoms with Crippen molar-refractivity contribution in [3.63, 3.8) is 0 Å². The molecular weight excluding hydrogens is 521 g/mol. The van der Waals surface area contributed by atoms with Crippen molar-refractivity contribution in [1.82, 2.24) is 14.3 Å². The lowest BCUT2D eigenvalue weighted by Crippen LogP contribution is -2.41. The lowest BCUT2D eigenvalue weighted by atomic mass is 9.97. The first-order valence-corrected chi connectivity index (χ1v) is 14.6. The van der Waals surface area contributed by atoms with Gasteiger partial charge in [-0.25, -0.2) is 40.2 Å². The van der Waals surface area contributed by atoms with Crippen molar-refractivity contribution >= 4 is 37.6 Å². The van der Waals surface area contributed by atoms with Gasteiger partial charge < -0.3 is 5.32 Å². The summed E-state index contributed by atoms with van der Waals surface area (Å²) in [5, 5.41) is 2.76. The molecule has 1 amide bonds. The number of carbonyl (C=O) groups is 1. The Bertz CT molecular complexity index is 1470. The Morgan fingerprint density at radius 3 is 2.27 bits per heavy atom. The van der Waals surface area contributed by atoms with Gasteiger partial charge in [-0.3, -0.25) is 4.79 Å². The first-order chi connectivity index (χ1) is 17.5. The van der Waals surface area contributed by atoms with E-state index in [4.69, 9.17) is 0 Å². The van der Waals surface area contributed by atoms with E-state index in [1.54, 1.807) is 13.0 Å². The van der Waals surface area contributed by atoms with Crippen molar-refractivity contribution < 1.29 is 26.0 Å². The summed E-state index contributed by atoms with van der Waals surface area (Å²) in [7, 11) is -7.50. The smallest absolute Gasteiger partial charge is 0.264 e. The predicted molar refractivity (Wildman–Crippen MR) is 136 cm³/mol. The number of anilines is 2. The van der Waals surface area contributed by atoms with Crippen LogP contribution < -0.4 is 10.0 Å². The van der Waals surface area contributed by atoms with Crippen LogP contribution in [0.3, 0.4) is 0 Å². The van der Waals surface area contributed by atoms with Crippen LogP contribution in [0.2, 0.25) is 0 Å². The highest BCUT2D eigenvalue weighted by atomic mass is 32.2. The summed E-state index contributed by atoms with van der Waals surface area (Å²) >= 11 is 0. The fraction of sp³-hybridized carbons (Fsp3) is 0.292. The van der Waals surface area contributed by atoms with Crippen molar-refractivity contribution in [2.45, 2.75) is 30.4 Å². The molecule has 0 spiro atoms. The zero-order valence-corrected chi connectivity index (χ0v) is 21.6. The van der Waals surface area contributed by atoms with Gasteiger partial charge in [0.25, 0.3) is 10.0 Å². The van der Waals surface area contributed by atoms with Crippen molar-refractivity contribution in [3.05, 3.63) is 77.9 Å². The summed E-state index contributed by atoms with van der Waals surface area (Å²) in [6.07, 6.45) is 2.15. The molecule has 0 bridgehead atoms. The molecule has 1 saturated heterocycles. The van der Waals surface area contributed by atoms with Crippen LogP contribution in [-0.2, 0) is 30.6 Å². The maximum absolute atomic E-state index is 13.1. The Balaban J connectivity index is 1.31. The summed E-state index contributed by atoms with van der Waals surface area (Å²) in [4.78, 5) is 20.6. The Kier molecular flexibility index (Phi) is 7.85. The van der Waals surface area contributed by atoms with Crippen molar-refractivity contribution in [2.24, 2.45) is 5.92 Å². The van der Waals surface area contributed by atoms with Crippen LogP contribution in [0.5, 0.6) is 0 Å². The van der Waals surface area contributed by atoms with Gasteiger partial charge in [0.1, 0.15) is 5.82 Å². The van der Waals surface area contributed by atoms with E-state index < -0.39 is 25.9 Å². The van der Waals surface area contributed by atoms with E-state index in [0.717, 1.165) is 0 Å². The fourth-order valence-corrected chi connectivity index (χ4v) is 6.43. The normalized spacial score (nSPS) is 15.3. The molecule has 1 aliphatic rings. The first-order valence-electron chi connectivity index (χ1n) is 11.5. The van der Waals surface area contributed by atoms with Crippen LogP contribution >= 0.6 is 0 Å². The summed E-state index contributed by atoms with van der Waals surface area (Å²) in [5.41, 5.74) is 1.53. The number of hydrogen-bond donors (Lipinski definition) is 2. The number of aryl methyl sites for hydroxylation is 1. The molecule has 1 fully saturated rings. The van der Waals surface area contributed by atoms with Crippen LogP contribution in [0.1, 0.15) is 24.1 Å². The minimum Gasteiger partial charge on any atom is -0.326 e. The SMILES string of the molecule is Cc1ccnc(NS(=O)(=O)c2ccc(NC(=O)C3CCN(S(=O)(=O)Cc4ccc(F)cc4)CC3)cc2)n1. The fourth-order valence-electron chi connectivity index (χ4n) is 3.92. The molecule has 1 aromatic heterocycles. The maximum Gasteiger partial charge on any atom is 0.264 e. The van der Waals surface area contributed by atoms with Gasteiger partial charge in [-0.1, -0.05) is 12.1 Å². The van der Waals surface area contributed by atoms with E-state index in [-0.39, 0.29) is 41.5 Å². The number of rotatable bonds is 8. The molecule has 0 radical (unpaired) electrons. The zero-order chi connectivity index (χ0) is 26.6. The second-order valence-electron chi connectivity index (χ2n) is 8.70. The van der Waals surface area contributed by atoms with Gasteiger partial charge in [0, 0.05) is 36.6 Å². The number of piperidine rings is 1. The topological polar surface area (TPSA) is 138 Å². The number of carbonyl (C=O) groups excluding carboxylic acids is 1. The van der Waals surface area contributed by atoms with Gasteiger partial charge in [-0.2, -0.15) is 0 Å². The summed E-state index contributed by atoms with van der Waals surface area (Å²) in [5.74, 6) is -1.36. The molecule has 2 N–H and O–H groups in total. The molecule has 4 rings (SSSR count). The van der Waals surface area contributed by atoms with Gasteiger partial charge in [0.2, 0.25) is 21.9 Å². The standard InChI is InChI=1S/C24H26FN5O5S2/c1-17-10-13-26-24(27-17)29-37(34,35)22-8-6-21(7-9-22)28-23(31)19-11-14-30(15-12-19)36(32,33)16-18-2-4-20(25)5-3-18/h2-10,13,19H,11-12,14-16H2,1H3,(H,28,31)(H,26,27,29). The molecule has 1 aliphatic heterocycles. The number of nitrogens with one attached hydrogen (secondary N) is 2. The van der Waals surface area contributed by atoms with E-state index in [2.05, 4.69) is 20.0 Å². The van der Waals surface area contributed by atoms with Crippen molar-refractivity contribution in [2.75, 3.05) is 23.1 Å². The Morgan fingerprint density at radius 2 is 1.65 bits per heavy atom. The van der Waals surface area contributed by atoms with Crippen LogP contribution in [-0.4, -0.2) is 50.1 Å². The molecule has 0 saturated carbocycles. The van der Waals surface area contributed by atoms with Gasteiger partial charge in [-0.15, -0.1) is 0 Å². The summed E-state index contributed by atoms with van der Waals surface area (Å²) in [6, 6.07) is 12.6. The number of benzene rings is 2. The average molecular weight is 548 g/mol. The molecule has 2 heterocycles. The number of nitrogens with zero attached hydrogens (tertiary/aromatic N) is 3. The number of amides is 1. The molecule has 10 nitrogen and oxygen atoms in total. The van der Waals surface area contributed by atoms with Crippen molar-refractivity contribution in [3.8, 4) is 0 Å². The average Bonchev–Trinajstić information content (AvgIpc) is 2.85. The lowest BCUT2D eigenvalue weighted by Gasteiger charge is -2.30. The van der Waals surface area contributed by atoms with E-state index in [1.807, 2.05) is 0 Å². The molecule has 0 unspecified atom stereocenters. The van der Waals surface area contributed by atoms with Gasteiger partial charge in [0.15, 0.2) is 0 Å². The van der Waals surface area contributed by atoms with E-state index in [1.165, 1.54) is 59.0 Å². The minimum absolute atomic E-state index is 0.0183. The van der Waals surface area contributed by atoms with E-state index in [9.17, 15) is 26.0 Å². The number of hydrogen-bond acceptors (Lipinski definition) is 7. The molecule has 196 valence electrons. The monoisotopic (exact) mass is 547 g/mol. The summed E-state index contributed by atoms with van der Waals surface area (Å²) < 4.78 is 67.4. The molecule has 0 aliphatic carbocycles. The third-order valence-corrected chi connectivity index (χ3v) is 9.13. The summed E-state index contributed by atoms with van der Waals surface area (Å²) in [6.45, 7) is 2.12. The maximum atomic E-state index is 13.1. The Morgan fingerprint density at radius 1 is 1.00 bits per heavy atom.